The highest BCUT2D eigenvalue weighted by Gasteiger charge is 2.07. The van der Waals surface area contributed by atoms with Crippen LogP contribution in [0.2, 0.25) is 0 Å². The Labute approximate surface area is 112 Å². The Morgan fingerprint density at radius 2 is 1.95 bits per heavy atom. The fourth-order valence-electron chi connectivity index (χ4n) is 1.66. The number of aromatic nitrogens is 1. The molecule has 0 radical (unpaired) electrons. The molecule has 0 bridgehead atoms. The van der Waals surface area contributed by atoms with Crippen LogP contribution in [-0.2, 0) is 0 Å². The number of amides is 1. The van der Waals surface area contributed by atoms with Gasteiger partial charge in [-0.25, -0.2) is 4.98 Å². The zero-order chi connectivity index (χ0) is 13.8. The summed E-state index contributed by atoms with van der Waals surface area (Å²) in [6, 6.07) is 9.09. The monoisotopic (exact) mass is 256 g/mol. The largest absolute Gasteiger partial charge is 0.481 e. The van der Waals surface area contributed by atoms with Crippen molar-refractivity contribution in [1.29, 1.82) is 0 Å². The number of carbonyl (C=O) groups is 1. The maximum absolute atomic E-state index is 12.1. The van der Waals surface area contributed by atoms with E-state index in [1.165, 1.54) is 5.56 Å². The van der Waals surface area contributed by atoms with E-state index in [-0.39, 0.29) is 5.91 Å². The fourth-order valence-corrected chi connectivity index (χ4v) is 1.66. The molecule has 1 N–H and O–H groups in total. The summed E-state index contributed by atoms with van der Waals surface area (Å²) in [6.45, 7) is 4.01. The molecule has 1 aromatic carbocycles. The second-order valence-electron chi connectivity index (χ2n) is 4.34. The van der Waals surface area contributed by atoms with Gasteiger partial charge in [0.15, 0.2) is 0 Å². The van der Waals surface area contributed by atoms with Crippen LogP contribution in [0.15, 0.2) is 36.5 Å². The van der Waals surface area contributed by atoms with Crippen molar-refractivity contribution in [3.63, 3.8) is 0 Å². The lowest BCUT2D eigenvalue weighted by Crippen LogP contribution is -2.12. The molecular formula is C15H16N2O2. The second-order valence-corrected chi connectivity index (χ2v) is 4.34. The van der Waals surface area contributed by atoms with Gasteiger partial charge in [0.05, 0.1) is 19.0 Å². The first-order valence-electron chi connectivity index (χ1n) is 5.99. The van der Waals surface area contributed by atoms with Crippen molar-refractivity contribution in [2.45, 2.75) is 13.8 Å². The summed E-state index contributed by atoms with van der Waals surface area (Å²) in [6.07, 6.45) is 1.57. The Kier molecular flexibility index (Phi) is 3.80. The minimum absolute atomic E-state index is 0.143. The summed E-state index contributed by atoms with van der Waals surface area (Å²) in [7, 11) is 1.55. The first-order valence-corrected chi connectivity index (χ1v) is 5.99. The van der Waals surface area contributed by atoms with Gasteiger partial charge >= 0.3 is 0 Å². The topological polar surface area (TPSA) is 51.2 Å². The van der Waals surface area contributed by atoms with E-state index in [9.17, 15) is 4.79 Å². The van der Waals surface area contributed by atoms with Crippen molar-refractivity contribution in [2.75, 3.05) is 12.4 Å². The van der Waals surface area contributed by atoms with Crippen LogP contribution in [0.5, 0.6) is 5.88 Å². The van der Waals surface area contributed by atoms with Gasteiger partial charge in [0.25, 0.3) is 5.91 Å². The molecule has 0 saturated carbocycles. The fraction of sp³-hybridized carbons (Fsp3) is 0.200. The van der Waals surface area contributed by atoms with Crippen molar-refractivity contribution in [1.82, 2.24) is 4.98 Å². The van der Waals surface area contributed by atoms with Gasteiger partial charge < -0.3 is 10.1 Å². The lowest BCUT2D eigenvalue weighted by atomic mass is 10.1. The molecule has 98 valence electrons. The summed E-state index contributed by atoms with van der Waals surface area (Å²) in [5, 5.41) is 2.80. The molecule has 0 spiro atoms. The van der Waals surface area contributed by atoms with E-state index < -0.39 is 0 Å². The summed E-state index contributed by atoms with van der Waals surface area (Å²) in [4.78, 5) is 16.1. The predicted octanol–water partition coefficient (Wildman–Crippen LogP) is 2.96. The number of hydrogen-bond donors (Lipinski definition) is 1. The Morgan fingerprint density at radius 1 is 1.16 bits per heavy atom. The highest BCUT2D eigenvalue weighted by Crippen LogP contribution is 2.14. The molecule has 0 saturated heterocycles. The molecule has 0 fully saturated rings. The standard InChI is InChI=1S/C15H16N2O2/c1-10-4-5-12(8-11(10)2)15(18)17-13-6-7-14(19-3)16-9-13/h4-9H,1-3H3,(H,17,18). The van der Waals surface area contributed by atoms with Crippen LogP contribution in [0.25, 0.3) is 0 Å². The number of pyridine rings is 1. The molecule has 19 heavy (non-hydrogen) atoms. The number of hydrogen-bond acceptors (Lipinski definition) is 3. The third-order valence-corrected chi connectivity index (χ3v) is 2.97. The average molecular weight is 256 g/mol. The molecule has 2 aromatic rings. The van der Waals surface area contributed by atoms with Gasteiger partial charge in [-0.2, -0.15) is 0 Å². The van der Waals surface area contributed by atoms with Crippen LogP contribution in [0.3, 0.4) is 0 Å². The van der Waals surface area contributed by atoms with Crippen LogP contribution < -0.4 is 10.1 Å². The van der Waals surface area contributed by atoms with Crippen molar-refractivity contribution < 1.29 is 9.53 Å². The molecule has 0 unspecified atom stereocenters. The van der Waals surface area contributed by atoms with E-state index in [0.717, 1.165) is 5.56 Å². The first kappa shape index (κ1) is 13.1. The van der Waals surface area contributed by atoms with E-state index in [2.05, 4.69) is 10.3 Å². The Hall–Kier alpha value is -2.36. The number of nitrogens with one attached hydrogen (secondary N) is 1. The summed E-state index contributed by atoms with van der Waals surface area (Å²) in [5.41, 5.74) is 3.55. The van der Waals surface area contributed by atoms with Crippen LogP contribution in [0.4, 0.5) is 5.69 Å². The number of rotatable bonds is 3. The lowest BCUT2D eigenvalue weighted by Gasteiger charge is -2.07. The molecule has 0 atom stereocenters. The Balaban J connectivity index is 2.13. The molecule has 4 heteroatoms. The normalized spacial score (nSPS) is 10.1. The van der Waals surface area contributed by atoms with Gasteiger partial charge in [-0.15, -0.1) is 0 Å². The minimum atomic E-state index is -0.143. The van der Waals surface area contributed by atoms with Crippen LogP contribution >= 0.6 is 0 Å². The molecule has 0 aliphatic carbocycles. The van der Waals surface area contributed by atoms with E-state index in [0.29, 0.717) is 17.1 Å². The predicted molar refractivity (Wildman–Crippen MR) is 74.7 cm³/mol. The molecule has 1 heterocycles. The smallest absolute Gasteiger partial charge is 0.255 e. The van der Waals surface area contributed by atoms with Gasteiger partial charge in [0, 0.05) is 11.6 Å². The van der Waals surface area contributed by atoms with Crippen LogP contribution in [-0.4, -0.2) is 18.0 Å². The van der Waals surface area contributed by atoms with Gasteiger partial charge in [-0.05, 0) is 43.2 Å². The zero-order valence-corrected chi connectivity index (χ0v) is 11.2. The molecule has 1 aromatic heterocycles. The maximum atomic E-state index is 12.1. The number of carbonyl (C=O) groups excluding carboxylic acids is 1. The number of anilines is 1. The molecule has 2 rings (SSSR count). The van der Waals surface area contributed by atoms with Crippen molar-refractivity contribution in [3.05, 3.63) is 53.2 Å². The molecule has 4 nitrogen and oxygen atoms in total. The summed E-state index contributed by atoms with van der Waals surface area (Å²) in [5.74, 6) is 0.374. The molecule has 1 amide bonds. The molecule has 0 aliphatic rings. The number of ether oxygens (including phenoxy) is 1. The minimum Gasteiger partial charge on any atom is -0.481 e. The number of nitrogens with zero attached hydrogens (tertiary/aromatic N) is 1. The van der Waals surface area contributed by atoms with Crippen LogP contribution in [0, 0.1) is 13.8 Å². The number of benzene rings is 1. The third kappa shape index (κ3) is 3.10. The van der Waals surface area contributed by atoms with E-state index >= 15 is 0 Å². The highest BCUT2D eigenvalue weighted by atomic mass is 16.5. The van der Waals surface area contributed by atoms with Crippen molar-refractivity contribution in [2.24, 2.45) is 0 Å². The van der Waals surface area contributed by atoms with Gasteiger partial charge in [-0.1, -0.05) is 6.07 Å². The molecular weight excluding hydrogens is 240 g/mol. The van der Waals surface area contributed by atoms with Gasteiger partial charge in [0.2, 0.25) is 5.88 Å². The zero-order valence-electron chi connectivity index (χ0n) is 11.2. The SMILES string of the molecule is COc1ccc(NC(=O)c2ccc(C)c(C)c2)cn1. The van der Waals surface area contributed by atoms with Crippen LogP contribution in [0.1, 0.15) is 21.5 Å². The maximum Gasteiger partial charge on any atom is 0.255 e. The highest BCUT2D eigenvalue weighted by molar-refractivity contribution is 6.04. The van der Waals surface area contributed by atoms with E-state index in [1.807, 2.05) is 32.0 Å². The quantitative estimate of drug-likeness (QED) is 0.918. The van der Waals surface area contributed by atoms with Crippen molar-refractivity contribution in [3.8, 4) is 5.88 Å². The summed E-state index contributed by atoms with van der Waals surface area (Å²) < 4.78 is 4.96. The molecule has 0 aliphatic heterocycles. The second kappa shape index (κ2) is 5.52. The average Bonchev–Trinajstić information content (AvgIpc) is 2.42. The van der Waals surface area contributed by atoms with Gasteiger partial charge in [-0.3, -0.25) is 4.79 Å². The van der Waals surface area contributed by atoms with E-state index in [4.69, 9.17) is 4.74 Å². The third-order valence-electron chi connectivity index (χ3n) is 2.97. The Bertz CT molecular complexity index is 592. The summed E-state index contributed by atoms with van der Waals surface area (Å²) >= 11 is 0. The van der Waals surface area contributed by atoms with Gasteiger partial charge in [0.1, 0.15) is 0 Å². The number of methoxy groups -OCH3 is 1. The lowest BCUT2D eigenvalue weighted by molar-refractivity contribution is 0.102. The Morgan fingerprint density at radius 3 is 2.53 bits per heavy atom. The first-order chi connectivity index (χ1) is 9.10. The number of aryl methyl sites for hydroxylation is 2. The van der Waals surface area contributed by atoms with E-state index in [1.54, 1.807) is 25.4 Å². The van der Waals surface area contributed by atoms with Crippen molar-refractivity contribution >= 4 is 11.6 Å².